The molecule has 0 bridgehead atoms. The number of hydrogen-bond donors (Lipinski definition) is 1. The summed E-state index contributed by atoms with van der Waals surface area (Å²) in [7, 11) is 0. The van der Waals surface area contributed by atoms with E-state index in [0.717, 1.165) is 43.3 Å². The zero-order chi connectivity index (χ0) is 12.3. The molecule has 17 heavy (non-hydrogen) atoms. The highest BCUT2D eigenvalue weighted by Crippen LogP contribution is 2.31. The highest BCUT2D eigenvalue weighted by molar-refractivity contribution is 6.31. The molecule has 2 atom stereocenters. The summed E-state index contributed by atoms with van der Waals surface area (Å²) in [5.41, 5.74) is 1.06. The molecule has 1 aliphatic rings. The first-order valence-corrected chi connectivity index (χ1v) is 6.71. The molecule has 0 amide bonds. The standard InChI is InChI=1S/C12H20ClN3O/c1-3-14-11(10-6-5-7-17-10)12-9(13)8-15-16(12)4-2/h8,10-11,14H,3-7H2,1-2H3. The van der Waals surface area contributed by atoms with Crippen molar-refractivity contribution in [1.82, 2.24) is 15.1 Å². The van der Waals surface area contributed by atoms with Crippen LogP contribution in [-0.2, 0) is 11.3 Å². The first-order valence-electron chi connectivity index (χ1n) is 6.34. The van der Waals surface area contributed by atoms with Gasteiger partial charge in [0.2, 0.25) is 0 Å². The van der Waals surface area contributed by atoms with Crippen molar-refractivity contribution in [2.75, 3.05) is 13.2 Å². The van der Waals surface area contributed by atoms with E-state index in [1.165, 1.54) is 0 Å². The number of nitrogens with one attached hydrogen (secondary N) is 1. The van der Waals surface area contributed by atoms with Gasteiger partial charge in [0.1, 0.15) is 0 Å². The predicted molar refractivity (Wildman–Crippen MR) is 68.3 cm³/mol. The number of halogens is 1. The second-order valence-electron chi connectivity index (χ2n) is 4.28. The molecule has 96 valence electrons. The van der Waals surface area contributed by atoms with E-state index in [2.05, 4.69) is 24.3 Å². The maximum atomic E-state index is 6.25. The van der Waals surface area contributed by atoms with Crippen molar-refractivity contribution in [1.29, 1.82) is 0 Å². The van der Waals surface area contributed by atoms with Crippen molar-refractivity contribution in [2.24, 2.45) is 0 Å². The van der Waals surface area contributed by atoms with Crippen LogP contribution in [0.15, 0.2) is 6.20 Å². The summed E-state index contributed by atoms with van der Waals surface area (Å²) in [5, 5.41) is 8.50. The number of aromatic nitrogens is 2. The Kier molecular flexibility index (Phi) is 4.42. The molecule has 1 fully saturated rings. The maximum absolute atomic E-state index is 6.25. The topological polar surface area (TPSA) is 39.1 Å². The van der Waals surface area contributed by atoms with E-state index in [4.69, 9.17) is 16.3 Å². The van der Waals surface area contributed by atoms with Crippen LogP contribution in [0.5, 0.6) is 0 Å². The van der Waals surface area contributed by atoms with Gasteiger partial charge in [-0.05, 0) is 26.3 Å². The Bertz CT molecular complexity index is 361. The molecule has 1 aliphatic heterocycles. The van der Waals surface area contributed by atoms with E-state index in [0.29, 0.717) is 0 Å². The SMILES string of the molecule is CCNC(c1c(Cl)cnn1CC)C1CCCO1. The van der Waals surface area contributed by atoms with Gasteiger partial charge in [0, 0.05) is 13.2 Å². The Morgan fingerprint density at radius 1 is 1.65 bits per heavy atom. The smallest absolute Gasteiger partial charge is 0.0835 e. The summed E-state index contributed by atoms with van der Waals surface area (Å²) in [6.45, 7) is 6.75. The van der Waals surface area contributed by atoms with E-state index < -0.39 is 0 Å². The van der Waals surface area contributed by atoms with E-state index in [1.54, 1.807) is 6.20 Å². The fourth-order valence-corrected chi connectivity index (χ4v) is 2.68. The van der Waals surface area contributed by atoms with Crippen molar-refractivity contribution < 1.29 is 4.74 Å². The van der Waals surface area contributed by atoms with Crippen LogP contribution in [-0.4, -0.2) is 29.0 Å². The monoisotopic (exact) mass is 257 g/mol. The average molecular weight is 258 g/mol. The molecule has 2 heterocycles. The number of nitrogens with zero attached hydrogens (tertiary/aromatic N) is 2. The van der Waals surface area contributed by atoms with Gasteiger partial charge in [0.05, 0.1) is 29.1 Å². The molecule has 0 spiro atoms. The molecule has 5 heteroatoms. The van der Waals surface area contributed by atoms with E-state index in [9.17, 15) is 0 Å². The normalized spacial score (nSPS) is 21.9. The first-order chi connectivity index (χ1) is 8.27. The van der Waals surface area contributed by atoms with Gasteiger partial charge in [-0.15, -0.1) is 0 Å². The fourth-order valence-electron chi connectivity index (χ4n) is 2.42. The number of rotatable bonds is 5. The second kappa shape index (κ2) is 5.85. The van der Waals surface area contributed by atoms with Crippen LogP contribution in [0, 0.1) is 0 Å². The molecule has 1 aromatic heterocycles. The molecule has 2 unspecified atom stereocenters. The van der Waals surface area contributed by atoms with Crippen LogP contribution in [0.4, 0.5) is 0 Å². The minimum Gasteiger partial charge on any atom is -0.376 e. The van der Waals surface area contributed by atoms with Crippen LogP contribution in [0.25, 0.3) is 0 Å². The van der Waals surface area contributed by atoms with E-state index in [1.807, 2.05) is 4.68 Å². The van der Waals surface area contributed by atoms with Crippen molar-refractivity contribution in [3.63, 3.8) is 0 Å². The lowest BCUT2D eigenvalue weighted by molar-refractivity contribution is 0.0760. The molecule has 1 aromatic rings. The predicted octanol–water partition coefficient (Wildman–Crippen LogP) is 2.39. The van der Waals surface area contributed by atoms with Gasteiger partial charge in [-0.1, -0.05) is 18.5 Å². The van der Waals surface area contributed by atoms with Crippen LogP contribution in [0.2, 0.25) is 5.02 Å². The largest absolute Gasteiger partial charge is 0.376 e. The third kappa shape index (κ3) is 2.64. The lowest BCUT2D eigenvalue weighted by Gasteiger charge is -2.25. The highest BCUT2D eigenvalue weighted by Gasteiger charge is 2.30. The summed E-state index contributed by atoms with van der Waals surface area (Å²) in [6.07, 6.45) is 4.15. The van der Waals surface area contributed by atoms with Crippen molar-refractivity contribution in [3.8, 4) is 0 Å². The third-order valence-electron chi connectivity index (χ3n) is 3.19. The van der Waals surface area contributed by atoms with E-state index >= 15 is 0 Å². The highest BCUT2D eigenvalue weighted by atomic mass is 35.5. The number of ether oxygens (including phenoxy) is 1. The lowest BCUT2D eigenvalue weighted by atomic mass is 10.0. The van der Waals surface area contributed by atoms with Gasteiger partial charge >= 0.3 is 0 Å². The summed E-state index contributed by atoms with van der Waals surface area (Å²) in [6, 6.07) is 0.150. The number of likely N-dealkylation sites (N-methyl/N-ethyl adjacent to an activating group) is 1. The molecule has 4 nitrogen and oxygen atoms in total. The Morgan fingerprint density at radius 2 is 2.47 bits per heavy atom. The van der Waals surface area contributed by atoms with Crippen LogP contribution in [0.3, 0.4) is 0 Å². The minimum absolute atomic E-state index is 0.150. The number of hydrogen-bond acceptors (Lipinski definition) is 3. The van der Waals surface area contributed by atoms with E-state index in [-0.39, 0.29) is 12.1 Å². The Labute approximate surface area is 107 Å². The van der Waals surface area contributed by atoms with Crippen LogP contribution >= 0.6 is 11.6 Å². The molecule has 1 saturated heterocycles. The summed E-state index contributed by atoms with van der Waals surface area (Å²) >= 11 is 6.25. The molecular formula is C12H20ClN3O. The lowest BCUT2D eigenvalue weighted by Crippen LogP contribution is -2.33. The van der Waals surface area contributed by atoms with Gasteiger partial charge in [-0.25, -0.2) is 0 Å². The zero-order valence-corrected chi connectivity index (χ0v) is 11.2. The Balaban J connectivity index is 2.27. The van der Waals surface area contributed by atoms with Gasteiger partial charge < -0.3 is 10.1 Å². The third-order valence-corrected chi connectivity index (χ3v) is 3.48. The van der Waals surface area contributed by atoms with Gasteiger partial charge in [-0.3, -0.25) is 4.68 Å². The quantitative estimate of drug-likeness (QED) is 0.880. The molecule has 2 rings (SSSR count). The molecule has 0 aliphatic carbocycles. The average Bonchev–Trinajstić information content (AvgIpc) is 2.95. The van der Waals surface area contributed by atoms with Gasteiger partial charge in [0.25, 0.3) is 0 Å². The Hall–Kier alpha value is -0.580. The van der Waals surface area contributed by atoms with Gasteiger partial charge in [0.15, 0.2) is 0 Å². The number of aryl methyl sites for hydroxylation is 1. The van der Waals surface area contributed by atoms with Crippen molar-refractivity contribution in [3.05, 3.63) is 16.9 Å². The van der Waals surface area contributed by atoms with Crippen LogP contribution in [0.1, 0.15) is 38.4 Å². The molecule has 1 N–H and O–H groups in total. The summed E-state index contributed by atoms with van der Waals surface area (Å²) in [4.78, 5) is 0. The van der Waals surface area contributed by atoms with Crippen molar-refractivity contribution >= 4 is 11.6 Å². The Morgan fingerprint density at radius 3 is 3.06 bits per heavy atom. The maximum Gasteiger partial charge on any atom is 0.0835 e. The van der Waals surface area contributed by atoms with Crippen molar-refractivity contribution in [2.45, 2.75) is 45.4 Å². The fraction of sp³-hybridized carbons (Fsp3) is 0.750. The summed E-state index contributed by atoms with van der Waals surface area (Å²) < 4.78 is 7.74. The van der Waals surface area contributed by atoms with Crippen LogP contribution < -0.4 is 5.32 Å². The molecule has 0 saturated carbocycles. The first kappa shape index (κ1) is 12.9. The second-order valence-corrected chi connectivity index (χ2v) is 4.69. The minimum atomic E-state index is 0.150. The zero-order valence-electron chi connectivity index (χ0n) is 10.4. The molecular weight excluding hydrogens is 238 g/mol. The summed E-state index contributed by atoms with van der Waals surface area (Å²) in [5.74, 6) is 0. The van der Waals surface area contributed by atoms with Gasteiger partial charge in [-0.2, -0.15) is 5.10 Å². The molecule has 0 aromatic carbocycles. The molecule has 0 radical (unpaired) electrons.